The Labute approximate surface area is 490 Å². The van der Waals surface area contributed by atoms with E-state index >= 15 is 4.79 Å². The number of benzene rings is 3. The van der Waals surface area contributed by atoms with Gasteiger partial charge < -0.3 is 48.8 Å². The van der Waals surface area contributed by atoms with Crippen LogP contribution in [-0.2, 0) is 27.5 Å². The van der Waals surface area contributed by atoms with Crippen molar-refractivity contribution in [2.75, 3.05) is 39.8 Å². The Morgan fingerprint density at radius 2 is 1.38 bits per heavy atom. The second-order valence-electron chi connectivity index (χ2n) is 23.1. The van der Waals surface area contributed by atoms with Gasteiger partial charge in [0.05, 0.1) is 24.8 Å². The van der Waals surface area contributed by atoms with Crippen LogP contribution in [0.4, 0.5) is 9.59 Å². The highest BCUT2D eigenvalue weighted by atomic mass is 16.7. The molecule has 82 heavy (non-hydrogen) atoms. The summed E-state index contributed by atoms with van der Waals surface area (Å²) < 4.78 is 38.9. The summed E-state index contributed by atoms with van der Waals surface area (Å²) in [6, 6.07) is 20.4. The molecule has 14 nitrogen and oxygen atoms in total. The smallest absolute Gasteiger partial charge is 0.412 e. The van der Waals surface area contributed by atoms with Gasteiger partial charge in [0.2, 0.25) is 12.6 Å². The van der Waals surface area contributed by atoms with Crippen LogP contribution in [0, 0.1) is 17.8 Å². The lowest BCUT2D eigenvalue weighted by Crippen LogP contribution is -2.70. The molecule has 14 heteroatoms. The molecule has 2 aliphatic carbocycles. The Hall–Kier alpha value is -5.57. The molecule has 3 N–H and O–H groups in total. The molecule has 4 aliphatic rings. The first-order valence-corrected chi connectivity index (χ1v) is 31.9. The first-order chi connectivity index (χ1) is 40.3. The van der Waals surface area contributed by atoms with Gasteiger partial charge in [-0.1, -0.05) is 196 Å². The Bertz CT molecular complexity index is 2430. The van der Waals surface area contributed by atoms with E-state index < -0.39 is 29.9 Å². The number of nitrogens with zero attached hydrogens (tertiary/aromatic N) is 2. The van der Waals surface area contributed by atoms with E-state index in [0.717, 1.165) is 92.9 Å². The number of unbranched alkanes of at least 4 members (excludes halogenated alkanes) is 20. The minimum Gasteiger partial charge on any atom is -0.459 e. The Morgan fingerprint density at radius 3 is 2.06 bits per heavy atom. The number of hydrogen-bond acceptors (Lipinski definition) is 12. The van der Waals surface area contributed by atoms with Crippen LogP contribution < -0.4 is 24.3 Å². The fraction of sp³-hybridized carbons (Fsp3) is 0.632. The number of carbonyl (C=O) groups is 2. The van der Waals surface area contributed by atoms with E-state index in [1.54, 1.807) is 17.0 Å². The summed E-state index contributed by atoms with van der Waals surface area (Å²) in [7, 11) is 0. The molecular formula is C68H99N3O11. The maximum Gasteiger partial charge on any atom is 0.412 e. The largest absolute Gasteiger partial charge is 0.459 e. The summed E-state index contributed by atoms with van der Waals surface area (Å²) >= 11 is 0. The monoisotopic (exact) mass is 1130 g/mol. The molecule has 1 fully saturated rings. The Morgan fingerprint density at radius 1 is 0.732 bits per heavy atom. The molecule has 7 rings (SSSR count). The second kappa shape index (κ2) is 35.5. The predicted molar refractivity (Wildman–Crippen MR) is 323 cm³/mol. The Kier molecular flexibility index (Phi) is 27.7. The number of aliphatic hydroxyl groups is 2. The van der Waals surface area contributed by atoms with Gasteiger partial charge in [0.25, 0.3) is 0 Å². The van der Waals surface area contributed by atoms with E-state index in [0.29, 0.717) is 48.1 Å². The molecule has 2 aliphatic heterocycles. The molecule has 6 unspecified atom stereocenters. The number of fused-ring (bicyclic) bond motifs is 3. The highest BCUT2D eigenvalue weighted by Gasteiger charge is 2.66. The van der Waals surface area contributed by atoms with Gasteiger partial charge >= 0.3 is 12.2 Å². The van der Waals surface area contributed by atoms with E-state index in [2.05, 4.69) is 31.8 Å². The fourth-order valence-electron chi connectivity index (χ4n) is 12.8. The second-order valence-corrected chi connectivity index (χ2v) is 23.1. The molecule has 3 aromatic carbocycles. The van der Waals surface area contributed by atoms with Crippen molar-refractivity contribution >= 4 is 17.9 Å². The third-order valence-corrected chi connectivity index (χ3v) is 17.0. The number of hydrogen-bond donors (Lipinski definition) is 3. The quantitative estimate of drug-likeness (QED) is 0.0282. The Balaban J connectivity index is 1.26. The minimum absolute atomic E-state index is 0.00473. The zero-order valence-corrected chi connectivity index (χ0v) is 49.8. The van der Waals surface area contributed by atoms with Crippen LogP contribution in [0.1, 0.15) is 210 Å². The van der Waals surface area contributed by atoms with Crippen molar-refractivity contribution in [3.05, 3.63) is 108 Å². The SMILES string of the molecule is C=CCOC12Oc3ccc(OC(=O)NCCCCCCCCCCCC)cc3C3C(CCCCO)C(CCCCO)C=C(C(=NOCc4ccccc4)CC1N(Cc1ccc4c(c1)OCO4)C(=O)OCCCCCCCCCCCC)C32. The van der Waals surface area contributed by atoms with Crippen LogP contribution in [0.5, 0.6) is 23.0 Å². The lowest BCUT2D eigenvalue weighted by Gasteiger charge is -2.59. The van der Waals surface area contributed by atoms with Crippen molar-refractivity contribution in [3.63, 3.8) is 0 Å². The third-order valence-electron chi connectivity index (χ3n) is 17.0. The average Bonchev–Trinajstić information content (AvgIpc) is 3.77. The topological polar surface area (TPSA) is 167 Å². The van der Waals surface area contributed by atoms with Gasteiger partial charge in [-0.3, -0.25) is 4.90 Å². The average molecular weight is 1130 g/mol. The van der Waals surface area contributed by atoms with Crippen LogP contribution in [0.25, 0.3) is 0 Å². The number of amides is 2. The number of nitrogens with one attached hydrogen (secondary N) is 1. The van der Waals surface area contributed by atoms with Gasteiger partial charge in [0.15, 0.2) is 11.5 Å². The van der Waals surface area contributed by atoms with Crippen LogP contribution >= 0.6 is 0 Å². The summed E-state index contributed by atoms with van der Waals surface area (Å²) in [6.45, 7) is 10.1. The van der Waals surface area contributed by atoms with Gasteiger partial charge in [-0.2, -0.15) is 0 Å². The van der Waals surface area contributed by atoms with E-state index in [4.69, 9.17) is 38.4 Å². The molecule has 0 saturated heterocycles. The predicted octanol–water partition coefficient (Wildman–Crippen LogP) is 15.8. The maximum atomic E-state index is 15.3. The van der Waals surface area contributed by atoms with Gasteiger partial charge in [-0.25, -0.2) is 9.59 Å². The van der Waals surface area contributed by atoms with E-state index in [1.807, 2.05) is 60.7 Å². The van der Waals surface area contributed by atoms with Crippen molar-refractivity contribution in [3.8, 4) is 23.0 Å². The van der Waals surface area contributed by atoms with Crippen LogP contribution in [-0.4, -0.2) is 84.6 Å². The van der Waals surface area contributed by atoms with Gasteiger partial charge in [-0.05, 0) is 97.4 Å². The summed E-state index contributed by atoms with van der Waals surface area (Å²) in [5.74, 6) is -0.317. The molecular weight excluding hydrogens is 1030 g/mol. The minimum atomic E-state index is -1.54. The normalized spacial score (nSPS) is 20.8. The zero-order valence-electron chi connectivity index (χ0n) is 49.8. The van der Waals surface area contributed by atoms with Gasteiger partial charge in [-0.15, -0.1) is 6.58 Å². The lowest BCUT2D eigenvalue weighted by atomic mass is 9.55. The summed E-state index contributed by atoms with van der Waals surface area (Å²) in [6.07, 6.45) is 31.1. The van der Waals surface area contributed by atoms with E-state index in [1.165, 1.54) is 83.5 Å². The standard InChI is InChI=1S/C68H99N3O11/c1-4-7-9-11-13-15-17-19-21-28-40-69-66(74)81-55-37-39-60-58(47-55)64-56(35-27-30-42-73)54(34-26-29-41-72)46-57-59(70-80-50-52-32-24-23-25-33-52)48-63(68(82-60,65(57)64)79-43-6-3)71(49-53-36-38-61-62(45-53)78-51-77-61)67(75)76-44-31-22-20-18-16-14-12-10-8-5-2/h6,23-25,32-33,36-39,45-47,54,56,63-65,72-73H,3-5,7-22,26-31,34-35,40-44,48-51H2,1-2H3,(H,69,74). The van der Waals surface area contributed by atoms with Crippen molar-refractivity contribution in [1.82, 2.24) is 10.2 Å². The molecule has 0 spiro atoms. The number of oxime groups is 1. The van der Waals surface area contributed by atoms with Gasteiger partial charge in [0, 0.05) is 44.2 Å². The van der Waals surface area contributed by atoms with Crippen LogP contribution in [0.2, 0.25) is 0 Å². The first-order valence-electron chi connectivity index (χ1n) is 31.9. The van der Waals surface area contributed by atoms with Crippen molar-refractivity contribution in [1.29, 1.82) is 0 Å². The summed E-state index contributed by atoms with van der Waals surface area (Å²) in [4.78, 5) is 37.0. The van der Waals surface area contributed by atoms with Crippen molar-refractivity contribution in [2.24, 2.45) is 22.9 Å². The molecule has 6 atom stereocenters. The number of aliphatic hydroxyl groups excluding tert-OH is 2. The fourth-order valence-corrected chi connectivity index (χ4v) is 12.8. The molecule has 2 amide bonds. The third kappa shape index (κ3) is 18.7. The lowest BCUT2D eigenvalue weighted by molar-refractivity contribution is -0.256. The number of allylic oxidation sites excluding steroid dienone is 1. The zero-order chi connectivity index (χ0) is 57.6. The highest BCUT2D eigenvalue weighted by Crippen LogP contribution is 2.62. The van der Waals surface area contributed by atoms with Crippen LogP contribution in [0.15, 0.2) is 96.2 Å². The highest BCUT2D eigenvalue weighted by molar-refractivity contribution is 6.03. The van der Waals surface area contributed by atoms with Crippen LogP contribution in [0.3, 0.4) is 0 Å². The maximum absolute atomic E-state index is 15.3. The molecule has 1 saturated carbocycles. The van der Waals surface area contributed by atoms with E-state index in [9.17, 15) is 15.0 Å². The number of carbonyl (C=O) groups excluding carboxylic acids is 2. The molecule has 0 radical (unpaired) electrons. The molecule has 452 valence electrons. The van der Waals surface area contributed by atoms with Gasteiger partial charge in [0.1, 0.15) is 24.1 Å². The molecule has 2 heterocycles. The van der Waals surface area contributed by atoms with E-state index in [-0.39, 0.29) is 70.5 Å². The van der Waals surface area contributed by atoms with Crippen molar-refractivity contribution < 1.29 is 53.1 Å². The number of ether oxygens (including phenoxy) is 6. The molecule has 3 aromatic rings. The summed E-state index contributed by atoms with van der Waals surface area (Å²) in [5.41, 5.74) is 4.18. The number of rotatable bonds is 40. The molecule has 0 aromatic heterocycles. The van der Waals surface area contributed by atoms with Crippen molar-refractivity contribution in [2.45, 2.75) is 218 Å². The summed E-state index contributed by atoms with van der Waals surface area (Å²) in [5, 5.41) is 28.3. The molecule has 0 bridgehead atoms. The first kappa shape index (κ1) is 64.0.